The maximum atomic E-state index is 10.3. The van der Waals surface area contributed by atoms with Gasteiger partial charge in [0, 0.05) is 30.8 Å². The van der Waals surface area contributed by atoms with Crippen LogP contribution in [0.1, 0.15) is 18.4 Å². The summed E-state index contributed by atoms with van der Waals surface area (Å²) in [5, 5.41) is 29.5. The third-order valence-corrected chi connectivity index (χ3v) is 3.02. The van der Waals surface area contributed by atoms with Crippen LogP contribution in [0, 0.1) is 0 Å². The number of hydrogen-bond donors (Lipinski definition) is 3. The minimum Gasteiger partial charge on any atom is -0.371 e. The lowest BCUT2D eigenvalue weighted by Crippen LogP contribution is -2.50. The first-order chi connectivity index (χ1) is 6.97. The van der Waals surface area contributed by atoms with Crippen LogP contribution in [-0.2, 0) is 5.72 Å². The zero-order valence-corrected chi connectivity index (χ0v) is 8.46. The quantitative estimate of drug-likeness (QED) is 0.549. The Morgan fingerprint density at radius 2 is 2.07 bits per heavy atom. The molecule has 0 aliphatic carbocycles. The van der Waals surface area contributed by atoms with Crippen molar-refractivity contribution in [1.82, 2.24) is 9.88 Å². The van der Waals surface area contributed by atoms with Crippen molar-refractivity contribution in [3.05, 3.63) is 30.1 Å². The van der Waals surface area contributed by atoms with Gasteiger partial charge in [-0.15, -0.1) is 0 Å². The van der Waals surface area contributed by atoms with Gasteiger partial charge in [0.05, 0.1) is 0 Å². The molecule has 0 radical (unpaired) electrons. The van der Waals surface area contributed by atoms with Crippen LogP contribution in [0.4, 0.5) is 0 Å². The number of aromatic nitrogens is 1. The summed E-state index contributed by atoms with van der Waals surface area (Å²) in [7, 11) is 1.47. The van der Waals surface area contributed by atoms with Crippen LogP contribution in [0.15, 0.2) is 24.5 Å². The minimum absolute atomic E-state index is 0.106. The Balaban J connectivity index is 2.38. The van der Waals surface area contributed by atoms with Crippen LogP contribution in [0.3, 0.4) is 0 Å². The van der Waals surface area contributed by atoms with Crippen LogP contribution >= 0.6 is 0 Å². The molecule has 1 aromatic heterocycles. The van der Waals surface area contributed by atoms with Crippen molar-refractivity contribution in [2.45, 2.75) is 24.5 Å². The molecule has 1 aliphatic rings. The van der Waals surface area contributed by atoms with Crippen molar-refractivity contribution >= 4 is 0 Å². The summed E-state index contributed by atoms with van der Waals surface area (Å²) in [4.78, 5) is 5.06. The summed E-state index contributed by atoms with van der Waals surface area (Å²) in [6.07, 6.45) is 3.50. The molecule has 1 aromatic rings. The molecule has 5 nitrogen and oxygen atoms in total. The van der Waals surface area contributed by atoms with Crippen LogP contribution in [0.5, 0.6) is 0 Å². The van der Waals surface area contributed by atoms with Gasteiger partial charge in [-0.3, -0.25) is 4.98 Å². The van der Waals surface area contributed by atoms with E-state index in [0.717, 1.165) is 4.90 Å². The minimum atomic E-state index is -1.95. The highest BCUT2D eigenvalue weighted by Gasteiger charge is 2.51. The lowest BCUT2D eigenvalue weighted by molar-refractivity contribution is -0.283. The Labute approximate surface area is 87.6 Å². The molecule has 1 aliphatic heterocycles. The Hall–Kier alpha value is -1.01. The summed E-state index contributed by atoms with van der Waals surface area (Å²) >= 11 is 0. The van der Waals surface area contributed by atoms with Gasteiger partial charge in [-0.2, -0.15) is 0 Å². The number of pyridine rings is 1. The zero-order chi connectivity index (χ0) is 11.1. The van der Waals surface area contributed by atoms with Crippen molar-refractivity contribution in [2.75, 3.05) is 7.05 Å². The van der Waals surface area contributed by atoms with E-state index < -0.39 is 11.6 Å². The smallest absolute Gasteiger partial charge is 0.227 e. The molecular weight excluding hydrogens is 196 g/mol. The molecule has 3 N–H and O–H groups in total. The van der Waals surface area contributed by atoms with E-state index in [1.807, 2.05) is 0 Å². The normalized spacial score (nSPS) is 30.7. The predicted octanol–water partition coefficient (Wildman–Crippen LogP) is -0.409. The molecule has 5 heteroatoms. The third-order valence-electron chi connectivity index (χ3n) is 3.02. The van der Waals surface area contributed by atoms with Gasteiger partial charge >= 0.3 is 0 Å². The molecule has 0 spiro atoms. The van der Waals surface area contributed by atoms with Gasteiger partial charge in [0.25, 0.3) is 0 Å². The van der Waals surface area contributed by atoms with E-state index in [2.05, 4.69) is 4.98 Å². The molecule has 1 atom stereocenters. The maximum absolute atomic E-state index is 10.3. The van der Waals surface area contributed by atoms with Crippen molar-refractivity contribution in [3.63, 3.8) is 0 Å². The monoisotopic (exact) mass is 210 g/mol. The van der Waals surface area contributed by atoms with E-state index in [1.165, 1.54) is 13.2 Å². The fraction of sp³-hybridized carbons (Fsp3) is 0.500. The van der Waals surface area contributed by atoms with E-state index >= 15 is 0 Å². The lowest BCUT2D eigenvalue weighted by atomic mass is 10.0. The van der Waals surface area contributed by atoms with E-state index in [-0.39, 0.29) is 12.8 Å². The SMILES string of the molecule is CN1C(O)(O)CCC1(O)c1cccnc1. The molecule has 1 saturated heterocycles. The number of likely N-dealkylation sites (tertiary alicyclic amines) is 1. The van der Waals surface area contributed by atoms with Gasteiger partial charge in [0.15, 0.2) is 0 Å². The topological polar surface area (TPSA) is 76.8 Å². The van der Waals surface area contributed by atoms with Crippen LogP contribution in [0.2, 0.25) is 0 Å². The van der Waals surface area contributed by atoms with E-state index in [1.54, 1.807) is 18.3 Å². The highest BCUT2D eigenvalue weighted by Crippen LogP contribution is 2.41. The Bertz CT molecular complexity index is 355. The van der Waals surface area contributed by atoms with Crippen molar-refractivity contribution < 1.29 is 15.3 Å². The number of nitrogens with zero attached hydrogens (tertiary/aromatic N) is 2. The van der Waals surface area contributed by atoms with Crippen molar-refractivity contribution in [1.29, 1.82) is 0 Å². The van der Waals surface area contributed by atoms with Crippen molar-refractivity contribution in [2.24, 2.45) is 0 Å². The molecular formula is C10H14N2O3. The first kappa shape index (κ1) is 10.5. The highest BCUT2D eigenvalue weighted by atomic mass is 16.5. The van der Waals surface area contributed by atoms with E-state index in [4.69, 9.17) is 0 Å². The standard InChI is InChI=1S/C10H14N2O3/c1-12-9(13,4-5-10(12,14)15)8-3-2-6-11-7-8/h2-3,6-7,13-15H,4-5H2,1H3. The third kappa shape index (κ3) is 1.53. The van der Waals surface area contributed by atoms with Gasteiger partial charge in [-0.05, 0) is 13.1 Å². The average molecular weight is 210 g/mol. The second-order valence-corrected chi connectivity index (χ2v) is 3.89. The lowest BCUT2D eigenvalue weighted by Gasteiger charge is -2.35. The van der Waals surface area contributed by atoms with Gasteiger partial charge in [-0.25, -0.2) is 4.90 Å². The Morgan fingerprint density at radius 1 is 1.33 bits per heavy atom. The molecule has 0 amide bonds. The summed E-state index contributed by atoms with van der Waals surface area (Å²) in [5.74, 6) is -1.95. The summed E-state index contributed by atoms with van der Waals surface area (Å²) in [6, 6.07) is 3.42. The maximum Gasteiger partial charge on any atom is 0.227 e. The van der Waals surface area contributed by atoms with Gasteiger partial charge in [-0.1, -0.05) is 6.07 Å². The molecule has 0 saturated carbocycles. The molecule has 0 aromatic carbocycles. The number of rotatable bonds is 1. The highest BCUT2D eigenvalue weighted by molar-refractivity contribution is 5.19. The predicted molar refractivity (Wildman–Crippen MR) is 52.3 cm³/mol. The Morgan fingerprint density at radius 3 is 2.53 bits per heavy atom. The second-order valence-electron chi connectivity index (χ2n) is 3.89. The molecule has 0 bridgehead atoms. The fourth-order valence-electron chi connectivity index (χ4n) is 1.91. The van der Waals surface area contributed by atoms with Crippen molar-refractivity contribution in [3.8, 4) is 0 Å². The van der Waals surface area contributed by atoms with Crippen LogP contribution in [0.25, 0.3) is 0 Å². The van der Waals surface area contributed by atoms with E-state index in [9.17, 15) is 15.3 Å². The molecule has 1 unspecified atom stereocenters. The number of aliphatic hydroxyl groups is 3. The average Bonchev–Trinajstić information content (AvgIpc) is 2.45. The van der Waals surface area contributed by atoms with E-state index in [0.29, 0.717) is 5.56 Å². The summed E-state index contributed by atoms with van der Waals surface area (Å²) < 4.78 is 0. The molecule has 82 valence electrons. The number of hydrogen-bond acceptors (Lipinski definition) is 5. The van der Waals surface area contributed by atoms with Gasteiger partial charge in [0.2, 0.25) is 5.91 Å². The first-order valence-corrected chi connectivity index (χ1v) is 4.78. The summed E-state index contributed by atoms with van der Waals surface area (Å²) in [5.41, 5.74) is -0.782. The second kappa shape index (κ2) is 3.24. The first-order valence-electron chi connectivity index (χ1n) is 4.78. The molecule has 2 heterocycles. The van der Waals surface area contributed by atoms with Crippen LogP contribution < -0.4 is 0 Å². The fourth-order valence-corrected chi connectivity index (χ4v) is 1.91. The van der Waals surface area contributed by atoms with Crippen LogP contribution in [-0.4, -0.2) is 38.2 Å². The molecule has 1 fully saturated rings. The molecule has 15 heavy (non-hydrogen) atoms. The molecule has 2 rings (SSSR count). The zero-order valence-electron chi connectivity index (χ0n) is 8.46. The Kier molecular flexibility index (Phi) is 2.27. The van der Waals surface area contributed by atoms with Gasteiger partial charge in [0.1, 0.15) is 5.72 Å². The van der Waals surface area contributed by atoms with Gasteiger partial charge < -0.3 is 15.3 Å². The largest absolute Gasteiger partial charge is 0.371 e. The summed E-state index contributed by atoms with van der Waals surface area (Å²) in [6.45, 7) is 0.